The summed E-state index contributed by atoms with van der Waals surface area (Å²) in [5.74, 6) is 1.64. The molecule has 2 N–H and O–H groups in total. The molecule has 0 aliphatic carbocycles. The molecule has 10 heteroatoms. The smallest absolute Gasteiger partial charge is 0.225 e. The summed E-state index contributed by atoms with van der Waals surface area (Å²) in [7, 11) is 0. The number of hydrogen-bond acceptors (Lipinski definition) is 5. The van der Waals surface area contributed by atoms with Crippen molar-refractivity contribution < 1.29 is 4.79 Å². The predicted octanol–water partition coefficient (Wildman–Crippen LogP) is 3.25. The van der Waals surface area contributed by atoms with E-state index in [1.54, 1.807) is 36.7 Å². The van der Waals surface area contributed by atoms with Gasteiger partial charge >= 0.3 is 0 Å². The molecule has 1 aromatic carbocycles. The molecule has 0 saturated carbocycles. The molecule has 1 fully saturated rings. The van der Waals surface area contributed by atoms with E-state index < -0.39 is 0 Å². The van der Waals surface area contributed by atoms with Crippen molar-refractivity contribution in [1.29, 1.82) is 0 Å². The largest absolute Gasteiger partial charge is 0.357 e. The first-order chi connectivity index (χ1) is 14.7. The fourth-order valence-electron chi connectivity index (χ4n) is 3.18. The second-order valence-corrected chi connectivity index (χ2v) is 7.35. The van der Waals surface area contributed by atoms with E-state index in [1.165, 1.54) is 0 Å². The molecular formula is C21H29ClIN7O. The van der Waals surface area contributed by atoms with Crippen molar-refractivity contribution in [1.82, 2.24) is 20.2 Å². The summed E-state index contributed by atoms with van der Waals surface area (Å²) in [6, 6.07) is 8.93. The fraction of sp³-hybridized carbons (Fsp3) is 0.429. The number of guanidine groups is 1. The van der Waals surface area contributed by atoms with E-state index >= 15 is 0 Å². The first kappa shape index (κ1) is 25.1. The molecule has 0 bridgehead atoms. The minimum atomic E-state index is -0.0194. The van der Waals surface area contributed by atoms with Crippen LogP contribution in [0.2, 0.25) is 5.02 Å². The Morgan fingerprint density at radius 1 is 1.13 bits per heavy atom. The second-order valence-electron chi connectivity index (χ2n) is 6.92. The standard InChI is InChI=1S/C21H28ClN7O.HI/c1-2-23-20(28-13-15-29(16-14-28)21-25-11-4-12-26-21)24-10-3-5-19(30)27-18-8-6-17(22)7-9-18;/h4,6-9,11-12H,2-3,5,10,13-16H2,1H3,(H,23,24)(H,27,30);1H. The number of anilines is 2. The quantitative estimate of drug-likeness (QED) is 0.235. The van der Waals surface area contributed by atoms with Crippen LogP contribution in [0.15, 0.2) is 47.7 Å². The molecule has 2 heterocycles. The molecule has 3 rings (SSSR count). The van der Waals surface area contributed by atoms with Crippen molar-refractivity contribution in [3.63, 3.8) is 0 Å². The number of rotatable bonds is 7. The Balaban J connectivity index is 0.00000341. The Morgan fingerprint density at radius 2 is 1.81 bits per heavy atom. The number of halogens is 2. The first-order valence-electron chi connectivity index (χ1n) is 10.3. The number of carbonyl (C=O) groups is 1. The van der Waals surface area contributed by atoms with Gasteiger partial charge in [-0.1, -0.05) is 11.6 Å². The van der Waals surface area contributed by atoms with Crippen LogP contribution >= 0.6 is 35.6 Å². The van der Waals surface area contributed by atoms with Gasteiger partial charge in [0.2, 0.25) is 11.9 Å². The van der Waals surface area contributed by atoms with Gasteiger partial charge in [-0.2, -0.15) is 0 Å². The van der Waals surface area contributed by atoms with E-state index in [1.807, 2.05) is 6.07 Å². The summed E-state index contributed by atoms with van der Waals surface area (Å²) in [5.41, 5.74) is 0.751. The highest BCUT2D eigenvalue weighted by Gasteiger charge is 2.20. The number of nitrogens with zero attached hydrogens (tertiary/aromatic N) is 5. The predicted molar refractivity (Wildman–Crippen MR) is 137 cm³/mol. The van der Waals surface area contributed by atoms with Crippen LogP contribution in [0.4, 0.5) is 11.6 Å². The summed E-state index contributed by atoms with van der Waals surface area (Å²) in [6.45, 7) is 6.84. The average molecular weight is 558 g/mol. The van der Waals surface area contributed by atoms with E-state index in [9.17, 15) is 4.79 Å². The van der Waals surface area contributed by atoms with Crippen LogP contribution in [-0.2, 0) is 4.79 Å². The molecule has 1 aliphatic heterocycles. The van der Waals surface area contributed by atoms with Crippen molar-refractivity contribution >= 4 is 59.1 Å². The maximum Gasteiger partial charge on any atom is 0.225 e. The van der Waals surface area contributed by atoms with Gasteiger partial charge in [-0.15, -0.1) is 24.0 Å². The molecule has 0 radical (unpaired) electrons. The van der Waals surface area contributed by atoms with Crippen LogP contribution in [0, 0.1) is 0 Å². The number of nitrogens with one attached hydrogen (secondary N) is 2. The normalized spacial score (nSPS) is 14.1. The first-order valence-corrected chi connectivity index (χ1v) is 10.6. The number of piperazine rings is 1. The van der Waals surface area contributed by atoms with Crippen molar-refractivity contribution in [3.05, 3.63) is 47.7 Å². The van der Waals surface area contributed by atoms with E-state index in [-0.39, 0.29) is 29.9 Å². The Kier molecular flexibility index (Phi) is 10.8. The van der Waals surface area contributed by atoms with Crippen molar-refractivity contribution in [2.24, 2.45) is 4.99 Å². The van der Waals surface area contributed by atoms with Gasteiger partial charge in [0.25, 0.3) is 0 Å². The van der Waals surface area contributed by atoms with Gasteiger partial charge in [0, 0.05) is 68.8 Å². The molecule has 1 amide bonds. The van der Waals surface area contributed by atoms with Gasteiger partial charge in [0.05, 0.1) is 0 Å². The van der Waals surface area contributed by atoms with Crippen LogP contribution in [0.5, 0.6) is 0 Å². The number of aliphatic imine (C=N–C) groups is 1. The number of aromatic nitrogens is 2. The molecule has 1 aliphatic rings. The highest BCUT2D eigenvalue weighted by molar-refractivity contribution is 14.0. The van der Waals surface area contributed by atoms with Crippen LogP contribution in [0.3, 0.4) is 0 Å². The number of benzene rings is 1. The molecule has 0 unspecified atom stereocenters. The fourth-order valence-corrected chi connectivity index (χ4v) is 3.31. The maximum atomic E-state index is 12.1. The third-order valence-corrected chi connectivity index (χ3v) is 4.95. The zero-order chi connectivity index (χ0) is 21.2. The number of carbonyl (C=O) groups excluding carboxylic acids is 1. The van der Waals surface area contributed by atoms with Crippen molar-refractivity contribution in [2.45, 2.75) is 19.8 Å². The van der Waals surface area contributed by atoms with Crippen molar-refractivity contribution in [2.75, 3.05) is 49.5 Å². The minimum absolute atomic E-state index is 0. The van der Waals surface area contributed by atoms with Crippen molar-refractivity contribution in [3.8, 4) is 0 Å². The summed E-state index contributed by atoms with van der Waals surface area (Å²) in [4.78, 5) is 29.9. The average Bonchev–Trinajstić information content (AvgIpc) is 2.78. The summed E-state index contributed by atoms with van der Waals surface area (Å²) >= 11 is 5.86. The number of hydrogen-bond donors (Lipinski definition) is 2. The molecular weight excluding hydrogens is 529 g/mol. The van der Waals surface area contributed by atoms with Gasteiger partial charge in [-0.05, 0) is 43.7 Å². The van der Waals surface area contributed by atoms with E-state index in [2.05, 4.69) is 37.3 Å². The highest BCUT2D eigenvalue weighted by Crippen LogP contribution is 2.14. The highest BCUT2D eigenvalue weighted by atomic mass is 127. The Labute approximate surface area is 205 Å². The molecule has 2 aromatic rings. The summed E-state index contributed by atoms with van der Waals surface area (Å²) in [6.07, 6.45) is 4.64. The van der Waals surface area contributed by atoms with Crippen LogP contribution in [-0.4, -0.2) is 66.0 Å². The molecule has 0 spiro atoms. The van der Waals surface area contributed by atoms with Gasteiger partial charge in [0.15, 0.2) is 5.96 Å². The van der Waals surface area contributed by atoms with Crippen LogP contribution < -0.4 is 15.5 Å². The lowest BCUT2D eigenvalue weighted by molar-refractivity contribution is -0.116. The van der Waals surface area contributed by atoms with Crippen LogP contribution in [0.1, 0.15) is 19.8 Å². The Hall–Kier alpha value is -2.14. The molecule has 1 aromatic heterocycles. The third-order valence-electron chi connectivity index (χ3n) is 4.70. The lowest BCUT2D eigenvalue weighted by Gasteiger charge is -2.36. The Bertz CT molecular complexity index is 827. The molecule has 0 atom stereocenters. The van der Waals surface area contributed by atoms with Gasteiger partial charge in [0.1, 0.15) is 0 Å². The lowest BCUT2D eigenvalue weighted by Crippen LogP contribution is -2.53. The lowest BCUT2D eigenvalue weighted by atomic mass is 10.2. The minimum Gasteiger partial charge on any atom is -0.357 e. The monoisotopic (exact) mass is 557 g/mol. The molecule has 1 saturated heterocycles. The molecule has 31 heavy (non-hydrogen) atoms. The zero-order valence-electron chi connectivity index (χ0n) is 17.6. The molecule has 8 nitrogen and oxygen atoms in total. The second kappa shape index (κ2) is 13.3. The summed E-state index contributed by atoms with van der Waals surface area (Å²) < 4.78 is 0. The maximum absolute atomic E-state index is 12.1. The molecule has 168 valence electrons. The van der Waals surface area contributed by atoms with Gasteiger partial charge < -0.3 is 20.4 Å². The van der Waals surface area contributed by atoms with E-state index in [4.69, 9.17) is 16.6 Å². The van der Waals surface area contributed by atoms with E-state index in [0.29, 0.717) is 24.4 Å². The van der Waals surface area contributed by atoms with Gasteiger partial charge in [-0.3, -0.25) is 9.79 Å². The topological polar surface area (TPSA) is 85.8 Å². The summed E-state index contributed by atoms with van der Waals surface area (Å²) in [5, 5.41) is 6.88. The Morgan fingerprint density at radius 3 is 2.45 bits per heavy atom. The van der Waals surface area contributed by atoms with Gasteiger partial charge in [-0.25, -0.2) is 9.97 Å². The third kappa shape index (κ3) is 8.13. The SMILES string of the molecule is CCNC(=NCCCC(=O)Nc1ccc(Cl)cc1)N1CCN(c2ncccn2)CC1.I. The van der Waals surface area contributed by atoms with E-state index in [0.717, 1.165) is 50.3 Å². The zero-order valence-corrected chi connectivity index (χ0v) is 20.7. The van der Waals surface area contributed by atoms with Crippen LogP contribution in [0.25, 0.3) is 0 Å². The number of amides is 1.